The van der Waals surface area contributed by atoms with Gasteiger partial charge in [-0.05, 0) is 37.5 Å². The van der Waals surface area contributed by atoms with Crippen LogP contribution in [0.5, 0.6) is 0 Å². The van der Waals surface area contributed by atoms with Crippen LogP contribution in [0.3, 0.4) is 0 Å². The fourth-order valence-electron chi connectivity index (χ4n) is 2.11. The van der Waals surface area contributed by atoms with Crippen LogP contribution in [0.15, 0.2) is 12.5 Å². The van der Waals surface area contributed by atoms with Crippen molar-refractivity contribution >= 4 is 0 Å². The standard InChI is InChI=1S/C10H16N2O/c1-2-7(1)9(8-3-4-8)12-10-11-5-6-13-10/h5-12H,1-4H2. The number of hydrogen-bond donors (Lipinski definition) is 2. The second kappa shape index (κ2) is 2.91. The van der Waals surface area contributed by atoms with Gasteiger partial charge in [0, 0.05) is 12.2 Å². The van der Waals surface area contributed by atoms with Crippen LogP contribution in [0.1, 0.15) is 25.7 Å². The van der Waals surface area contributed by atoms with E-state index in [1.807, 2.05) is 6.20 Å². The lowest BCUT2D eigenvalue weighted by atomic mass is 10.1. The fraction of sp³-hybridized carbons (Fsp3) is 0.800. The molecule has 0 saturated heterocycles. The molecule has 0 amide bonds. The predicted molar refractivity (Wildman–Crippen MR) is 49.5 cm³/mol. The van der Waals surface area contributed by atoms with Crippen LogP contribution in [0.4, 0.5) is 0 Å². The van der Waals surface area contributed by atoms with Crippen LogP contribution in [-0.2, 0) is 4.74 Å². The highest BCUT2D eigenvalue weighted by Gasteiger charge is 2.42. The van der Waals surface area contributed by atoms with Gasteiger partial charge in [0.05, 0.1) is 0 Å². The Kier molecular flexibility index (Phi) is 1.72. The summed E-state index contributed by atoms with van der Waals surface area (Å²) in [4.78, 5) is 0. The quantitative estimate of drug-likeness (QED) is 0.680. The normalized spacial score (nSPS) is 31.9. The molecule has 0 radical (unpaired) electrons. The van der Waals surface area contributed by atoms with Gasteiger partial charge in [-0.25, -0.2) is 0 Å². The zero-order chi connectivity index (χ0) is 8.67. The third kappa shape index (κ3) is 1.66. The minimum atomic E-state index is 0.0335. The van der Waals surface area contributed by atoms with Gasteiger partial charge in [0.15, 0.2) is 0 Å². The van der Waals surface area contributed by atoms with E-state index in [9.17, 15) is 0 Å². The molecule has 1 unspecified atom stereocenters. The first-order chi connectivity index (χ1) is 6.43. The summed E-state index contributed by atoms with van der Waals surface area (Å²) < 4.78 is 5.34. The SMILES string of the molecule is C1=COC(NC(C2CC2)C2CC2)N1. The summed E-state index contributed by atoms with van der Waals surface area (Å²) >= 11 is 0. The van der Waals surface area contributed by atoms with Gasteiger partial charge >= 0.3 is 0 Å². The highest BCUT2D eigenvalue weighted by molar-refractivity contribution is 4.97. The van der Waals surface area contributed by atoms with E-state index < -0.39 is 0 Å². The van der Waals surface area contributed by atoms with Crippen molar-refractivity contribution in [2.75, 3.05) is 0 Å². The third-order valence-electron chi connectivity index (χ3n) is 3.13. The second-order valence-corrected chi connectivity index (χ2v) is 4.35. The molecule has 1 aliphatic heterocycles. The van der Waals surface area contributed by atoms with Crippen LogP contribution in [0, 0.1) is 11.8 Å². The molecule has 2 N–H and O–H groups in total. The van der Waals surface area contributed by atoms with Crippen LogP contribution in [0.25, 0.3) is 0 Å². The van der Waals surface area contributed by atoms with Crippen molar-refractivity contribution in [2.45, 2.75) is 38.1 Å². The van der Waals surface area contributed by atoms with Crippen molar-refractivity contribution in [3.63, 3.8) is 0 Å². The van der Waals surface area contributed by atoms with Crippen molar-refractivity contribution in [2.24, 2.45) is 11.8 Å². The van der Waals surface area contributed by atoms with Gasteiger partial charge in [0.2, 0.25) is 6.35 Å². The van der Waals surface area contributed by atoms with E-state index in [0.29, 0.717) is 6.04 Å². The molecule has 0 aromatic rings. The average Bonchev–Trinajstić information content (AvgIpc) is 3.04. The summed E-state index contributed by atoms with van der Waals surface area (Å²) in [5.41, 5.74) is 0. The van der Waals surface area contributed by atoms with Gasteiger partial charge in [-0.15, -0.1) is 0 Å². The first-order valence-electron chi connectivity index (χ1n) is 5.26. The molecule has 1 heterocycles. The number of rotatable bonds is 4. The van der Waals surface area contributed by atoms with Crippen molar-refractivity contribution < 1.29 is 4.74 Å². The summed E-state index contributed by atoms with van der Waals surface area (Å²) in [5.74, 6) is 1.86. The van der Waals surface area contributed by atoms with Crippen molar-refractivity contribution in [1.82, 2.24) is 10.6 Å². The lowest BCUT2D eigenvalue weighted by Crippen LogP contribution is -2.46. The molecule has 0 aromatic heterocycles. The number of nitrogens with one attached hydrogen (secondary N) is 2. The molecular weight excluding hydrogens is 164 g/mol. The van der Waals surface area contributed by atoms with E-state index in [0.717, 1.165) is 11.8 Å². The number of hydrogen-bond acceptors (Lipinski definition) is 3. The minimum Gasteiger partial charge on any atom is -0.464 e. The third-order valence-corrected chi connectivity index (χ3v) is 3.13. The van der Waals surface area contributed by atoms with E-state index >= 15 is 0 Å². The molecule has 3 heteroatoms. The Morgan fingerprint density at radius 1 is 1.23 bits per heavy atom. The Morgan fingerprint density at radius 2 is 1.92 bits per heavy atom. The zero-order valence-electron chi connectivity index (χ0n) is 7.70. The molecule has 2 aliphatic carbocycles. The Hall–Kier alpha value is -0.700. The van der Waals surface area contributed by atoms with Crippen LogP contribution in [-0.4, -0.2) is 12.4 Å². The summed E-state index contributed by atoms with van der Waals surface area (Å²) in [6.45, 7) is 0. The lowest BCUT2D eigenvalue weighted by Gasteiger charge is -2.22. The molecular formula is C10H16N2O. The smallest absolute Gasteiger partial charge is 0.226 e. The summed E-state index contributed by atoms with van der Waals surface area (Å²) in [7, 11) is 0. The van der Waals surface area contributed by atoms with Crippen molar-refractivity contribution in [3.05, 3.63) is 12.5 Å². The Morgan fingerprint density at radius 3 is 2.38 bits per heavy atom. The Labute approximate surface area is 78.5 Å². The van der Waals surface area contributed by atoms with E-state index in [-0.39, 0.29) is 6.35 Å². The Bertz CT molecular complexity index is 201. The molecule has 0 aromatic carbocycles. The average molecular weight is 180 g/mol. The molecule has 13 heavy (non-hydrogen) atoms. The Balaban J connectivity index is 1.55. The molecule has 3 aliphatic rings. The molecule has 2 fully saturated rings. The van der Waals surface area contributed by atoms with Gasteiger partial charge in [0.25, 0.3) is 0 Å². The van der Waals surface area contributed by atoms with Gasteiger partial charge in [-0.2, -0.15) is 0 Å². The maximum atomic E-state index is 5.34. The first-order valence-corrected chi connectivity index (χ1v) is 5.26. The molecule has 0 bridgehead atoms. The van der Waals surface area contributed by atoms with E-state index in [1.54, 1.807) is 6.26 Å². The van der Waals surface area contributed by atoms with E-state index in [1.165, 1.54) is 25.7 Å². The number of ether oxygens (including phenoxy) is 1. The second-order valence-electron chi connectivity index (χ2n) is 4.35. The molecule has 0 spiro atoms. The fourth-order valence-corrected chi connectivity index (χ4v) is 2.11. The maximum Gasteiger partial charge on any atom is 0.226 e. The summed E-state index contributed by atoms with van der Waals surface area (Å²) in [6, 6.07) is 0.706. The zero-order valence-corrected chi connectivity index (χ0v) is 7.70. The van der Waals surface area contributed by atoms with E-state index in [2.05, 4.69) is 10.6 Å². The summed E-state index contributed by atoms with van der Waals surface area (Å²) in [6.07, 6.45) is 9.25. The predicted octanol–water partition coefficient (Wildman–Crippen LogP) is 1.14. The van der Waals surface area contributed by atoms with Gasteiger partial charge in [0.1, 0.15) is 6.26 Å². The van der Waals surface area contributed by atoms with Crippen LogP contribution >= 0.6 is 0 Å². The molecule has 1 atom stereocenters. The van der Waals surface area contributed by atoms with Crippen LogP contribution < -0.4 is 10.6 Å². The van der Waals surface area contributed by atoms with E-state index in [4.69, 9.17) is 4.74 Å². The van der Waals surface area contributed by atoms with Gasteiger partial charge < -0.3 is 10.1 Å². The highest BCUT2D eigenvalue weighted by atomic mass is 16.5. The molecule has 72 valence electrons. The van der Waals surface area contributed by atoms with Crippen molar-refractivity contribution in [1.29, 1.82) is 0 Å². The maximum absolute atomic E-state index is 5.34. The van der Waals surface area contributed by atoms with Gasteiger partial charge in [-0.3, -0.25) is 5.32 Å². The summed E-state index contributed by atoms with van der Waals surface area (Å²) in [5, 5.41) is 6.68. The topological polar surface area (TPSA) is 33.3 Å². The highest BCUT2D eigenvalue weighted by Crippen LogP contribution is 2.44. The lowest BCUT2D eigenvalue weighted by molar-refractivity contribution is 0.0956. The first kappa shape index (κ1) is 7.68. The monoisotopic (exact) mass is 180 g/mol. The molecule has 2 saturated carbocycles. The van der Waals surface area contributed by atoms with Crippen molar-refractivity contribution in [3.8, 4) is 0 Å². The molecule has 3 rings (SSSR count). The molecule has 3 nitrogen and oxygen atoms in total. The van der Waals surface area contributed by atoms with Crippen LogP contribution in [0.2, 0.25) is 0 Å². The minimum absolute atomic E-state index is 0.0335. The largest absolute Gasteiger partial charge is 0.464 e. The van der Waals surface area contributed by atoms with Gasteiger partial charge in [-0.1, -0.05) is 0 Å².